The molecule has 0 radical (unpaired) electrons. The largest absolute Gasteiger partial charge is 0.357 e. The molecule has 2 fully saturated rings. The highest BCUT2D eigenvalue weighted by Gasteiger charge is 2.67. The third-order valence-electron chi connectivity index (χ3n) is 7.06. The summed E-state index contributed by atoms with van der Waals surface area (Å²) in [6, 6.07) is 9.27. The zero-order chi connectivity index (χ0) is 15.8. The van der Waals surface area contributed by atoms with Crippen molar-refractivity contribution in [3.8, 4) is 0 Å². The molecule has 1 unspecified atom stereocenters. The molecule has 3 heteroatoms. The number of quaternary nitrogens is 1. The molecule has 4 aliphatic rings. The lowest BCUT2D eigenvalue weighted by Crippen LogP contribution is -2.61. The van der Waals surface area contributed by atoms with Crippen LogP contribution in [-0.2, 0) is 10.2 Å². The van der Waals surface area contributed by atoms with Crippen molar-refractivity contribution in [3.05, 3.63) is 52.7 Å². The smallest absolute Gasteiger partial charge is 0.148 e. The van der Waals surface area contributed by atoms with E-state index >= 15 is 0 Å². The number of allylic oxidation sites excluding steroid dienone is 2. The number of carbonyl (C=O) groups is 1. The molecule has 5 rings (SSSR count). The Kier molecular flexibility index (Phi) is 2.45. The van der Waals surface area contributed by atoms with Gasteiger partial charge in [-0.15, -0.1) is 0 Å². The predicted octanol–water partition coefficient (Wildman–Crippen LogP) is 3.00. The van der Waals surface area contributed by atoms with Gasteiger partial charge in [-0.2, -0.15) is 0 Å². The Hall–Kier alpha value is -1.87. The van der Waals surface area contributed by atoms with E-state index < -0.39 is 0 Å². The van der Waals surface area contributed by atoms with E-state index in [9.17, 15) is 4.79 Å². The lowest BCUT2D eigenvalue weighted by Gasteiger charge is -2.51. The first kappa shape index (κ1) is 13.6. The maximum absolute atomic E-state index is 12.0. The molecule has 1 aromatic rings. The number of para-hydroxylation sites is 1. The third kappa shape index (κ3) is 1.38. The van der Waals surface area contributed by atoms with E-state index in [1.165, 1.54) is 29.1 Å². The molecule has 1 aromatic carbocycles. The number of likely N-dealkylation sites (N-methyl/N-ethyl adjacent to an activating group) is 1. The first-order chi connectivity index (χ1) is 11.1. The average Bonchev–Trinajstić information content (AvgIpc) is 3.08. The number of aldehydes is 1. The molecule has 23 heavy (non-hydrogen) atoms. The van der Waals surface area contributed by atoms with Crippen molar-refractivity contribution in [3.63, 3.8) is 0 Å². The van der Waals surface area contributed by atoms with Gasteiger partial charge in [0.05, 0.1) is 19.0 Å². The topological polar surface area (TPSA) is 29.1 Å². The Morgan fingerprint density at radius 2 is 2.17 bits per heavy atom. The Bertz CT molecular complexity index is 793. The molecule has 2 bridgehead atoms. The van der Waals surface area contributed by atoms with Gasteiger partial charge < -0.3 is 9.80 Å². The monoisotopic (exact) mass is 307 g/mol. The third-order valence-corrected chi connectivity index (χ3v) is 7.06. The fraction of sp³-hybridized carbons (Fsp3) is 0.450. The summed E-state index contributed by atoms with van der Waals surface area (Å²) in [6.07, 6.45) is 5.65. The van der Waals surface area contributed by atoms with E-state index in [2.05, 4.69) is 49.6 Å². The second kappa shape index (κ2) is 4.15. The second-order valence-electron chi connectivity index (χ2n) is 7.87. The first-order valence-electron chi connectivity index (χ1n) is 8.70. The maximum atomic E-state index is 12.0. The van der Waals surface area contributed by atoms with Gasteiger partial charge >= 0.3 is 0 Å². The zero-order valence-electron chi connectivity index (χ0n) is 13.8. The van der Waals surface area contributed by atoms with Gasteiger partial charge in [0.15, 0.2) is 0 Å². The van der Waals surface area contributed by atoms with E-state index in [0.717, 1.165) is 35.7 Å². The van der Waals surface area contributed by atoms with Gasteiger partial charge in [0, 0.05) is 35.7 Å². The molecule has 1 spiro atoms. The van der Waals surface area contributed by atoms with Crippen LogP contribution in [0.25, 0.3) is 0 Å². The molecule has 1 N–H and O–H groups in total. The summed E-state index contributed by atoms with van der Waals surface area (Å²) in [4.78, 5) is 12.0. The summed E-state index contributed by atoms with van der Waals surface area (Å²) in [7, 11) is 2.42. The van der Waals surface area contributed by atoms with Gasteiger partial charge in [0.2, 0.25) is 0 Å². The number of rotatable bonds is 1. The number of hydrogen-bond donors (Lipinski definition) is 1. The number of nitrogens with one attached hydrogen (secondary N) is 1. The lowest BCUT2D eigenvalue weighted by molar-refractivity contribution is -0.923. The molecular formula is C20H23N2O+. The minimum atomic E-state index is 0.0390. The molecule has 118 valence electrons. The highest BCUT2D eigenvalue weighted by atomic mass is 16.1. The Labute approximate surface area is 137 Å². The number of anilines is 1. The molecule has 3 nitrogen and oxygen atoms in total. The Morgan fingerprint density at radius 1 is 1.35 bits per heavy atom. The van der Waals surface area contributed by atoms with Crippen LogP contribution in [0, 0.1) is 5.92 Å². The second-order valence-corrected chi connectivity index (χ2v) is 7.87. The van der Waals surface area contributed by atoms with Crippen LogP contribution in [0.15, 0.2) is 47.2 Å². The highest BCUT2D eigenvalue weighted by Crippen LogP contribution is 2.62. The average molecular weight is 307 g/mol. The molecule has 3 aliphatic heterocycles. The standard InChI is InChI=1S/C20H22N2O/c1-3-13-11-22(2)9-8-20-16-6-4-5-7-17(16)21-19(20)15(12-23)14(13)10-18(20)22/h3-7,12,14,18H,8-11H2,1-2H3/p+1/b13-3+/t14-,18-,20+,22?/m0/s1. The van der Waals surface area contributed by atoms with Crippen molar-refractivity contribution < 1.29 is 9.28 Å². The summed E-state index contributed by atoms with van der Waals surface area (Å²) < 4.78 is 1.13. The fourth-order valence-corrected chi connectivity index (χ4v) is 6.07. The van der Waals surface area contributed by atoms with Gasteiger partial charge in [0.25, 0.3) is 0 Å². The number of fused-ring (bicyclic) bond motifs is 2. The van der Waals surface area contributed by atoms with Crippen molar-refractivity contribution in [2.24, 2.45) is 5.92 Å². The summed E-state index contributed by atoms with van der Waals surface area (Å²) in [5.41, 5.74) is 6.35. The van der Waals surface area contributed by atoms with Crippen LogP contribution in [0.2, 0.25) is 0 Å². The van der Waals surface area contributed by atoms with Gasteiger partial charge in [-0.05, 0) is 24.1 Å². The van der Waals surface area contributed by atoms with Crippen LogP contribution in [0.5, 0.6) is 0 Å². The molecule has 1 aliphatic carbocycles. The molecule has 0 aromatic heterocycles. The maximum Gasteiger partial charge on any atom is 0.148 e. The molecule has 0 amide bonds. The number of carbonyl (C=O) groups excluding carboxylic acids is 1. The summed E-state index contributed by atoms with van der Waals surface area (Å²) in [5, 5.41) is 3.66. The van der Waals surface area contributed by atoms with E-state index in [0.29, 0.717) is 12.0 Å². The van der Waals surface area contributed by atoms with Crippen LogP contribution in [-0.4, -0.2) is 36.9 Å². The van der Waals surface area contributed by atoms with Gasteiger partial charge in [-0.1, -0.05) is 24.3 Å². The molecule has 4 atom stereocenters. The Balaban J connectivity index is 1.85. The van der Waals surface area contributed by atoms with Crippen molar-refractivity contribution in [2.75, 3.05) is 25.5 Å². The molecule has 3 heterocycles. The quantitative estimate of drug-likeness (QED) is 0.491. The van der Waals surface area contributed by atoms with Crippen molar-refractivity contribution in [1.82, 2.24) is 0 Å². The first-order valence-corrected chi connectivity index (χ1v) is 8.70. The van der Waals surface area contributed by atoms with Gasteiger partial charge in [-0.3, -0.25) is 4.79 Å². The molecule has 0 saturated carbocycles. The van der Waals surface area contributed by atoms with E-state index in [1.54, 1.807) is 0 Å². The zero-order valence-corrected chi connectivity index (χ0v) is 13.8. The predicted molar refractivity (Wildman–Crippen MR) is 91.0 cm³/mol. The van der Waals surface area contributed by atoms with Gasteiger partial charge in [-0.25, -0.2) is 0 Å². The van der Waals surface area contributed by atoms with Crippen LogP contribution in [0.4, 0.5) is 5.69 Å². The van der Waals surface area contributed by atoms with Gasteiger partial charge in [0.1, 0.15) is 18.9 Å². The fourth-order valence-electron chi connectivity index (χ4n) is 6.07. The number of hydrogen-bond acceptors (Lipinski definition) is 2. The van der Waals surface area contributed by atoms with Crippen molar-refractivity contribution in [1.29, 1.82) is 0 Å². The van der Waals surface area contributed by atoms with E-state index in [1.807, 2.05) is 0 Å². The van der Waals surface area contributed by atoms with E-state index in [4.69, 9.17) is 0 Å². The summed E-state index contributed by atoms with van der Waals surface area (Å²) >= 11 is 0. The van der Waals surface area contributed by atoms with Crippen LogP contribution in [0.1, 0.15) is 25.3 Å². The summed E-state index contributed by atoms with van der Waals surface area (Å²) in [6.45, 7) is 4.42. The van der Waals surface area contributed by atoms with Crippen molar-refractivity contribution in [2.45, 2.75) is 31.2 Å². The SMILES string of the molecule is C/C=C1\C[N+]2(C)CC[C@]34C(=C(C=O)[C@H]1C[C@@H]32)Nc1ccccc14. The van der Waals surface area contributed by atoms with Crippen LogP contribution < -0.4 is 5.32 Å². The number of benzene rings is 1. The lowest BCUT2D eigenvalue weighted by atomic mass is 9.61. The summed E-state index contributed by atoms with van der Waals surface area (Å²) in [5.74, 6) is 0.316. The normalized spacial score (nSPS) is 41.6. The highest BCUT2D eigenvalue weighted by molar-refractivity contribution is 5.84. The van der Waals surface area contributed by atoms with Crippen LogP contribution >= 0.6 is 0 Å². The Morgan fingerprint density at radius 3 is 2.96 bits per heavy atom. The minimum Gasteiger partial charge on any atom is -0.357 e. The molecule has 2 saturated heterocycles. The molecular weight excluding hydrogens is 284 g/mol. The number of piperidine rings is 1. The minimum absolute atomic E-state index is 0.0390. The van der Waals surface area contributed by atoms with Crippen LogP contribution in [0.3, 0.4) is 0 Å². The van der Waals surface area contributed by atoms with Crippen molar-refractivity contribution >= 4 is 12.0 Å². The number of nitrogens with zero attached hydrogens (tertiary/aromatic N) is 1. The van der Waals surface area contributed by atoms with E-state index in [-0.39, 0.29) is 5.41 Å².